The van der Waals surface area contributed by atoms with E-state index >= 15 is 0 Å². The molecule has 148 valence electrons. The lowest BCUT2D eigenvalue weighted by molar-refractivity contribution is -0.129. The highest BCUT2D eigenvalue weighted by atomic mass is 16.2. The summed E-state index contributed by atoms with van der Waals surface area (Å²) < 4.78 is 0. The van der Waals surface area contributed by atoms with Crippen LogP contribution in [0.1, 0.15) is 38.3 Å². The number of benzene rings is 2. The summed E-state index contributed by atoms with van der Waals surface area (Å²) in [4.78, 5) is 27.5. The van der Waals surface area contributed by atoms with Crippen molar-refractivity contribution in [3.63, 3.8) is 0 Å². The molecule has 5 nitrogen and oxygen atoms in total. The Morgan fingerprint density at radius 1 is 1.00 bits per heavy atom. The molecule has 0 radical (unpaired) electrons. The number of anilines is 1. The fraction of sp³-hybridized carbons (Fsp3) is 0.391. The highest BCUT2D eigenvalue weighted by Crippen LogP contribution is 2.21. The first-order valence-electron chi connectivity index (χ1n) is 10.00. The Balaban J connectivity index is 1.55. The lowest BCUT2D eigenvalue weighted by Gasteiger charge is -2.35. The van der Waals surface area contributed by atoms with Crippen LogP contribution in [-0.4, -0.2) is 35.8 Å². The number of carbonyl (C=O) groups excluding carboxylic acids is 2. The van der Waals surface area contributed by atoms with Gasteiger partial charge < -0.3 is 10.6 Å². The minimum Gasteiger partial charge on any atom is -0.348 e. The second-order valence-electron chi connectivity index (χ2n) is 7.51. The van der Waals surface area contributed by atoms with Gasteiger partial charge in [-0.15, -0.1) is 0 Å². The monoisotopic (exact) mass is 379 g/mol. The normalized spacial score (nSPS) is 19.4. The molecule has 1 aliphatic rings. The van der Waals surface area contributed by atoms with Gasteiger partial charge in [-0.2, -0.15) is 0 Å². The molecule has 1 saturated heterocycles. The highest BCUT2D eigenvalue weighted by Gasteiger charge is 2.31. The Morgan fingerprint density at radius 3 is 2.32 bits per heavy atom. The molecule has 0 aromatic heterocycles. The van der Waals surface area contributed by atoms with E-state index in [2.05, 4.69) is 15.5 Å². The third-order valence-corrected chi connectivity index (χ3v) is 5.45. The van der Waals surface area contributed by atoms with Crippen LogP contribution in [0, 0.1) is 5.92 Å². The summed E-state index contributed by atoms with van der Waals surface area (Å²) in [7, 11) is 0. The van der Waals surface area contributed by atoms with Crippen molar-refractivity contribution in [2.24, 2.45) is 5.92 Å². The van der Waals surface area contributed by atoms with E-state index in [0.717, 1.165) is 30.6 Å². The summed E-state index contributed by atoms with van der Waals surface area (Å²) >= 11 is 0. The first-order chi connectivity index (χ1) is 13.5. The number of likely N-dealkylation sites (tertiary alicyclic amines) is 1. The van der Waals surface area contributed by atoms with Gasteiger partial charge in [0, 0.05) is 12.2 Å². The van der Waals surface area contributed by atoms with Crippen molar-refractivity contribution < 1.29 is 9.59 Å². The third kappa shape index (κ3) is 5.20. The van der Waals surface area contributed by atoms with Crippen molar-refractivity contribution in [2.75, 3.05) is 18.4 Å². The molecule has 0 saturated carbocycles. The van der Waals surface area contributed by atoms with Gasteiger partial charge in [0.1, 0.15) is 0 Å². The highest BCUT2D eigenvalue weighted by molar-refractivity contribution is 5.92. The first kappa shape index (κ1) is 20.1. The second kappa shape index (κ2) is 9.51. The van der Waals surface area contributed by atoms with E-state index in [0.29, 0.717) is 6.54 Å². The summed E-state index contributed by atoms with van der Waals surface area (Å²) in [6.07, 6.45) is 1.77. The molecule has 2 amide bonds. The van der Waals surface area contributed by atoms with Gasteiger partial charge in [-0.25, -0.2) is 0 Å². The smallest absolute Gasteiger partial charge is 0.237 e. The van der Waals surface area contributed by atoms with Gasteiger partial charge in [-0.05, 0) is 50.9 Å². The number of hydrogen-bond acceptors (Lipinski definition) is 3. The van der Waals surface area contributed by atoms with Gasteiger partial charge in [0.05, 0.1) is 18.0 Å². The van der Waals surface area contributed by atoms with Crippen LogP contribution in [0.15, 0.2) is 60.7 Å². The lowest BCUT2D eigenvalue weighted by atomic mass is 9.95. The van der Waals surface area contributed by atoms with Crippen LogP contribution in [0.4, 0.5) is 5.69 Å². The molecule has 1 heterocycles. The lowest BCUT2D eigenvalue weighted by Crippen LogP contribution is -2.51. The molecule has 0 aliphatic carbocycles. The van der Waals surface area contributed by atoms with E-state index in [1.807, 2.05) is 74.5 Å². The Morgan fingerprint density at radius 2 is 1.64 bits per heavy atom. The number of piperidine rings is 1. The fourth-order valence-electron chi connectivity index (χ4n) is 3.66. The molecule has 0 spiro atoms. The summed E-state index contributed by atoms with van der Waals surface area (Å²) in [6, 6.07) is 19.1. The van der Waals surface area contributed by atoms with Crippen LogP contribution in [-0.2, 0) is 9.59 Å². The molecular weight excluding hydrogens is 350 g/mol. The van der Waals surface area contributed by atoms with E-state index in [-0.39, 0.29) is 29.8 Å². The van der Waals surface area contributed by atoms with Gasteiger partial charge >= 0.3 is 0 Å². The Bertz CT molecular complexity index is 779. The van der Waals surface area contributed by atoms with Crippen LogP contribution in [0.25, 0.3) is 0 Å². The quantitative estimate of drug-likeness (QED) is 0.806. The van der Waals surface area contributed by atoms with E-state index in [4.69, 9.17) is 0 Å². The number of carbonyl (C=O) groups is 2. The van der Waals surface area contributed by atoms with E-state index in [1.165, 1.54) is 0 Å². The molecular formula is C23H29N3O2. The van der Waals surface area contributed by atoms with Crippen molar-refractivity contribution in [1.29, 1.82) is 0 Å². The molecule has 2 aromatic rings. The zero-order valence-electron chi connectivity index (χ0n) is 16.6. The fourth-order valence-corrected chi connectivity index (χ4v) is 3.66. The average molecular weight is 380 g/mol. The van der Waals surface area contributed by atoms with Crippen molar-refractivity contribution in [3.8, 4) is 0 Å². The number of hydrogen-bond donors (Lipinski definition) is 2. The summed E-state index contributed by atoms with van der Waals surface area (Å²) in [6.45, 7) is 5.35. The van der Waals surface area contributed by atoms with E-state index in [9.17, 15) is 9.59 Å². The predicted molar refractivity (Wildman–Crippen MR) is 112 cm³/mol. The molecule has 3 rings (SSSR count). The predicted octanol–water partition coefficient (Wildman–Crippen LogP) is 3.60. The maximum Gasteiger partial charge on any atom is 0.237 e. The van der Waals surface area contributed by atoms with Crippen molar-refractivity contribution in [2.45, 2.75) is 38.8 Å². The molecule has 1 fully saturated rings. The molecule has 28 heavy (non-hydrogen) atoms. The largest absolute Gasteiger partial charge is 0.348 e. The number of nitrogens with zero attached hydrogens (tertiary/aromatic N) is 1. The summed E-state index contributed by atoms with van der Waals surface area (Å²) in [5.74, 6) is -0.0719. The van der Waals surface area contributed by atoms with Crippen molar-refractivity contribution in [3.05, 3.63) is 66.2 Å². The maximum atomic E-state index is 12.7. The number of amides is 2. The van der Waals surface area contributed by atoms with Gasteiger partial charge in [0.15, 0.2) is 0 Å². The summed E-state index contributed by atoms with van der Waals surface area (Å²) in [5, 5.41) is 6.08. The van der Waals surface area contributed by atoms with Crippen molar-refractivity contribution >= 4 is 17.5 Å². The van der Waals surface area contributed by atoms with E-state index in [1.54, 1.807) is 0 Å². The zero-order valence-corrected chi connectivity index (χ0v) is 16.6. The maximum absolute atomic E-state index is 12.7. The number of para-hydroxylation sites is 1. The van der Waals surface area contributed by atoms with Gasteiger partial charge in [-0.3, -0.25) is 14.5 Å². The molecule has 2 aromatic carbocycles. The van der Waals surface area contributed by atoms with Crippen LogP contribution < -0.4 is 10.6 Å². The zero-order chi connectivity index (χ0) is 19.9. The minimum absolute atomic E-state index is 0.000436. The van der Waals surface area contributed by atoms with Crippen LogP contribution in [0.5, 0.6) is 0 Å². The van der Waals surface area contributed by atoms with E-state index < -0.39 is 0 Å². The average Bonchev–Trinajstić information content (AvgIpc) is 2.74. The summed E-state index contributed by atoms with van der Waals surface area (Å²) in [5.41, 5.74) is 1.90. The van der Waals surface area contributed by atoms with Crippen LogP contribution in [0.3, 0.4) is 0 Å². The SMILES string of the molecule is C[C@H](NC(=O)[C@H](C)N1CCC[C@@H](C(=O)Nc2ccccc2)C1)c1ccccc1. The van der Waals surface area contributed by atoms with Crippen LogP contribution in [0.2, 0.25) is 0 Å². The molecule has 5 heteroatoms. The number of nitrogens with one attached hydrogen (secondary N) is 2. The Labute approximate surface area is 167 Å². The Kier molecular flexibility index (Phi) is 6.82. The standard InChI is InChI=1S/C23H29N3O2/c1-17(19-10-5-3-6-11-19)24-22(27)18(2)26-15-9-12-20(16-26)23(28)25-21-13-7-4-8-14-21/h3-8,10-11,13-14,17-18,20H,9,12,15-16H2,1-2H3,(H,24,27)(H,25,28)/t17-,18-,20+/m0/s1. The molecule has 3 atom stereocenters. The molecule has 0 bridgehead atoms. The second-order valence-corrected chi connectivity index (χ2v) is 7.51. The van der Waals surface area contributed by atoms with Gasteiger partial charge in [0.25, 0.3) is 0 Å². The topological polar surface area (TPSA) is 61.4 Å². The molecule has 2 N–H and O–H groups in total. The van der Waals surface area contributed by atoms with Gasteiger partial charge in [0.2, 0.25) is 11.8 Å². The third-order valence-electron chi connectivity index (χ3n) is 5.45. The molecule has 0 unspecified atom stereocenters. The van der Waals surface area contributed by atoms with Crippen LogP contribution >= 0.6 is 0 Å². The minimum atomic E-state index is -0.265. The van der Waals surface area contributed by atoms with Gasteiger partial charge in [-0.1, -0.05) is 48.5 Å². The molecule has 1 aliphatic heterocycles. The first-order valence-corrected chi connectivity index (χ1v) is 10.00. The Hall–Kier alpha value is -2.66. The van der Waals surface area contributed by atoms with Crippen molar-refractivity contribution in [1.82, 2.24) is 10.2 Å². The number of rotatable bonds is 6.